The smallest absolute Gasteiger partial charge is 0.253 e. The Morgan fingerprint density at radius 3 is 2.89 bits per heavy atom. The molecule has 0 aromatic carbocycles. The summed E-state index contributed by atoms with van der Waals surface area (Å²) in [5, 5.41) is 3.22. The van der Waals surface area contributed by atoms with Crippen molar-refractivity contribution in [3.05, 3.63) is 23.0 Å². The Morgan fingerprint density at radius 1 is 1.56 bits per heavy atom. The molecule has 0 unspecified atom stereocenters. The van der Waals surface area contributed by atoms with E-state index in [0.717, 1.165) is 0 Å². The molecule has 0 radical (unpaired) electrons. The number of hydrogen-bond acceptors (Lipinski definition) is 3. The van der Waals surface area contributed by atoms with Crippen LogP contribution < -0.4 is 11.1 Å². The number of hydrogen-bond donors (Lipinski definition) is 2. The van der Waals surface area contributed by atoms with Crippen molar-refractivity contribution >= 4 is 23.2 Å². The molecule has 0 aliphatic heterocycles. The standard InChI is InChI=1S/C13H18ClN3O/c1-13(4-2-3-5-13)8-17-12(18)9-6-11(14)16-7-10(9)15/h6-7H,2-5,8,15H2,1H3,(H,17,18). The molecule has 1 aromatic rings. The van der Waals surface area contributed by atoms with E-state index < -0.39 is 0 Å². The summed E-state index contributed by atoms with van der Waals surface area (Å²) >= 11 is 5.77. The number of anilines is 1. The van der Waals surface area contributed by atoms with E-state index in [0.29, 0.717) is 17.8 Å². The van der Waals surface area contributed by atoms with Crippen molar-refractivity contribution in [2.24, 2.45) is 5.41 Å². The highest BCUT2D eigenvalue weighted by Gasteiger charge is 2.29. The van der Waals surface area contributed by atoms with Gasteiger partial charge in [0.15, 0.2) is 0 Å². The van der Waals surface area contributed by atoms with E-state index in [1.54, 1.807) is 0 Å². The molecule has 2 rings (SSSR count). The molecule has 3 N–H and O–H groups in total. The third-order valence-corrected chi connectivity index (χ3v) is 3.84. The molecule has 0 spiro atoms. The molecule has 4 nitrogen and oxygen atoms in total. The number of nitrogens with two attached hydrogens (primary N) is 1. The minimum absolute atomic E-state index is 0.176. The number of aromatic nitrogens is 1. The maximum Gasteiger partial charge on any atom is 0.253 e. The van der Waals surface area contributed by atoms with Crippen LogP contribution in [0.2, 0.25) is 5.15 Å². The van der Waals surface area contributed by atoms with Crippen LogP contribution in [0.15, 0.2) is 12.3 Å². The average Bonchev–Trinajstić information content (AvgIpc) is 2.77. The summed E-state index contributed by atoms with van der Waals surface area (Å²) in [6.07, 6.45) is 6.24. The zero-order valence-electron chi connectivity index (χ0n) is 10.5. The van der Waals surface area contributed by atoms with E-state index in [2.05, 4.69) is 17.2 Å². The van der Waals surface area contributed by atoms with E-state index in [9.17, 15) is 4.79 Å². The number of nitrogens with zero attached hydrogens (tertiary/aromatic N) is 1. The van der Waals surface area contributed by atoms with Gasteiger partial charge in [0, 0.05) is 6.54 Å². The Kier molecular flexibility index (Phi) is 3.76. The van der Waals surface area contributed by atoms with Crippen LogP contribution in [0.5, 0.6) is 0 Å². The van der Waals surface area contributed by atoms with Crippen molar-refractivity contribution in [3.63, 3.8) is 0 Å². The highest BCUT2D eigenvalue weighted by molar-refractivity contribution is 6.29. The van der Waals surface area contributed by atoms with Crippen LogP contribution in [-0.4, -0.2) is 17.4 Å². The summed E-state index contributed by atoms with van der Waals surface area (Å²) < 4.78 is 0. The number of nitrogens with one attached hydrogen (secondary N) is 1. The van der Waals surface area contributed by atoms with Crippen molar-refractivity contribution in [2.45, 2.75) is 32.6 Å². The highest BCUT2D eigenvalue weighted by Crippen LogP contribution is 2.36. The molecule has 0 bridgehead atoms. The normalized spacial score (nSPS) is 17.7. The molecular weight excluding hydrogens is 250 g/mol. The Bertz CT molecular complexity index is 456. The first-order chi connectivity index (χ1) is 8.50. The lowest BCUT2D eigenvalue weighted by Crippen LogP contribution is -2.34. The van der Waals surface area contributed by atoms with Crippen molar-refractivity contribution in [3.8, 4) is 0 Å². The maximum absolute atomic E-state index is 12.0. The van der Waals surface area contributed by atoms with E-state index in [1.165, 1.54) is 37.9 Å². The van der Waals surface area contributed by atoms with Gasteiger partial charge in [-0.1, -0.05) is 31.4 Å². The number of amides is 1. The van der Waals surface area contributed by atoms with Crippen LogP contribution in [0.4, 0.5) is 5.69 Å². The SMILES string of the molecule is CC1(CNC(=O)c2cc(Cl)ncc2N)CCCC1. The number of carbonyl (C=O) groups excluding carboxylic acids is 1. The molecule has 1 amide bonds. The second kappa shape index (κ2) is 5.14. The van der Waals surface area contributed by atoms with Gasteiger partial charge in [0.25, 0.3) is 5.91 Å². The van der Waals surface area contributed by atoms with Gasteiger partial charge < -0.3 is 11.1 Å². The van der Waals surface area contributed by atoms with Crippen molar-refractivity contribution in [1.82, 2.24) is 10.3 Å². The molecule has 1 aliphatic carbocycles. The lowest BCUT2D eigenvalue weighted by molar-refractivity contribution is 0.0935. The summed E-state index contributed by atoms with van der Waals surface area (Å²) in [6, 6.07) is 1.50. The first-order valence-electron chi connectivity index (χ1n) is 6.19. The Hall–Kier alpha value is -1.29. The minimum Gasteiger partial charge on any atom is -0.397 e. The van der Waals surface area contributed by atoms with Gasteiger partial charge in [0.2, 0.25) is 0 Å². The van der Waals surface area contributed by atoms with E-state index in [4.69, 9.17) is 17.3 Å². The first kappa shape index (κ1) is 13.1. The van der Waals surface area contributed by atoms with Gasteiger partial charge in [-0.2, -0.15) is 0 Å². The van der Waals surface area contributed by atoms with E-state index in [1.807, 2.05) is 0 Å². The van der Waals surface area contributed by atoms with Gasteiger partial charge in [0.05, 0.1) is 17.4 Å². The number of halogens is 1. The van der Waals surface area contributed by atoms with Crippen molar-refractivity contribution in [2.75, 3.05) is 12.3 Å². The molecule has 0 atom stereocenters. The van der Waals surface area contributed by atoms with Crippen molar-refractivity contribution < 1.29 is 4.79 Å². The van der Waals surface area contributed by atoms with Crippen LogP contribution in [-0.2, 0) is 0 Å². The number of pyridine rings is 1. The molecule has 1 aliphatic rings. The van der Waals surface area contributed by atoms with Gasteiger partial charge in [-0.15, -0.1) is 0 Å². The predicted octanol–water partition coefficient (Wildman–Crippen LogP) is 2.63. The molecule has 1 heterocycles. The lowest BCUT2D eigenvalue weighted by Gasteiger charge is -2.23. The lowest BCUT2D eigenvalue weighted by atomic mass is 9.89. The molecule has 18 heavy (non-hydrogen) atoms. The molecule has 1 aromatic heterocycles. The number of carbonyl (C=O) groups is 1. The van der Waals surface area contributed by atoms with E-state index >= 15 is 0 Å². The predicted molar refractivity (Wildman–Crippen MR) is 72.6 cm³/mol. The van der Waals surface area contributed by atoms with Gasteiger partial charge >= 0.3 is 0 Å². The summed E-state index contributed by atoms with van der Waals surface area (Å²) in [5.74, 6) is -0.176. The van der Waals surface area contributed by atoms with Crippen molar-refractivity contribution in [1.29, 1.82) is 0 Å². The third-order valence-electron chi connectivity index (χ3n) is 3.63. The quantitative estimate of drug-likeness (QED) is 0.828. The summed E-state index contributed by atoms with van der Waals surface area (Å²) in [4.78, 5) is 15.9. The Labute approximate surface area is 112 Å². The monoisotopic (exact) mass is 267 g/mol. The van der Waals surface area contributed by atoms with Crippen LogP contribution in [0.25, 0.3) is 0 Å². The largest absolute Gasteiger partial charge is 0.397 e. The third kappa shape index (κ3) is 2.93. The molecule has 1 saturated carbocycles. The topological polar surface area (TPSA) is 68.0 Å². The van der Waals surface area contributed by atoms with Crippen LogP contribution in [0.3, 0.4) is 0 Å². The fourth-order valence-electron chi connectivity index (χ4n) is 2.43. The number of nitrogen functional groups attached to an aromatic ring is 1. The van der Waals surface area contributed by atoms with Gasteiger partial charge in [-0.3, -0.25) is 4.79 Å². The summed E-state index contributed by atoms with van der Waals surface area (Å²) in [7, 11) is 0. The minimum atomic E-state index is -0.176. The van der Waals surface area contributed by atoms with E-state index in [-0.39, 0.29) is 16.5 Å². The second-order valence-corrected chi connectivity index (χ2v) is 5.68. The zero-order chi connectivity index (χ0) is 13.2. The Balaban J connectivity index is 2.01. The molecule has 5 heteroatoms. The second-order valence-electron chi connectivity index (χ2n) is 5.29. The Morgan fingerprint density at radius 2 is 2.22 bits per heavy atom. The molecule has 1 fully saturated rings. The molecular formula is C13H18ClN3O. The fraction of sp³-hybridized carbons (Fsp3) is 0.538. The van der Waals surface area contributed by atoms with Crippen LogP contribution in [0.1, 0.15) is 43.0 Å². The maximum atomic E-state index is 12.0. The van der Waals surface area contributed by atoms with Gasteiger partial charge in [-0.25, -0.2) is 4.98 Å². The number of rotatable bonds is 3. The fourth-order valence-corrected chi connectivity index (χ4v) is 2.59. The van der Waals surface area contributed by atoms with Crippen LogP contribution >= 0.6 is 11.6 Å². The van der Waals surface area contributed by atoms with Gasteiger partial charge in [0.1, 0.15) is 5.15 Å². The zero-order valence-corrected chi connectivity index (χ0v) is 11.3. The van der Waals surface area contributed by atoms with Crippen LogP contribution in [0, 0.1) is 5.41 Å². The first-order valence-corrected chi connectivity index (χ1v) is 6.57. The highest BCUT2D eigenvalue weighted by atomic mass is 35.5. The molecule has 0 saturated heterocycles. The summed E-state index contributed by atoms with van der Waals surface area (Å²) in [5.41, 5.74) is 6.70. The summed E-state index contributed by atoms with van der Waals surface area (Å²) in [6.45, 7) is 2.90. The average molecular weight is 268 g/mol. The molecule has 98 valence electrons. The van der Waals surface area contributed by atoms with Gasteiger partial charge in [-0.05, 0) is 24.3 Å².